The van der Waals surface area contributed by atoms with Gasteiger partial charge < -0.3 is 24.8 Å². The van der Waals surface area contributed by atoms with E-state index >= 15 is 0 Å². The molecule has 0 aliphatic carbocycles. The molecule has 2 aromatic carbocycles. The summed E-state index contributed by atoms with van der Waals surface area (Å²) in [5, 5.41) is 5.61. The molecule has 1 atom stereocenters. The van der Waals surface area contributed by atoms with E-state index < -0.39 is 6.04 Å². The maximum Gasteiger partial charge on any atom is 0.251 e. The normalized spacial score (nSPS) is 11.5. The Morgan fingerprint density at radius 1 is 0.857 bits per heavy atom. The van der Waals surface area contributed by atoms with Gasteiger partial charge in [-0.3, -0.25) is 9.59 Å². The number of hydrogen-bond donors (Lipinski definition) is 2. The van der Waals surface area contributed by atoms with Gasteiger partial charge in [-0.2, -0.15) is 0 Å². The largest absolute Gasteiger partial charge is 0.497 e. The molecule has 0 bridgehead atoms. The van der Waals surface area contributed by atoms with Gasteiger partial charge >= 0.3 is 0 Å². The summed E-state index contributed by atoms with van der Waals surface area (Å²) in [7, 11) is 4.62. The van der Waals surface area contributed by atoms with E-state index in [0.29, 0.717) is 28.5 Å². The number of carbonyl (C=O) groups excluding carboxylic acids is 2. The zero-order valence-corrected chi connectivity index (χ0v) is 16.7. The van der Waals surface area contributed by atoms with Gasteiger partial charge in [0.1, 0.15) is 23.3 Å². The lowest BCUT2D eigenvalue weighted by atomic mass is 10.0. The molecular formula is C21H26N2O5. The smallest absolute Gasteiger partial charge is 0.251 e. The molecular weight excluding hydrogens is 360 g/mol. The van der Waals surface area contributed by atoms with Crippen LogP contribution in [0, 0.1) is 5.92 Å². The van der Waals surface area contributed by atoms with Crippen molar-refractivity contribution in [2.45, 2.75) is 19.9 Å². The molecule has 2 N–H and O–H groups in total. The standard InChI is InChI=1S/C21H26N2O5/c1-13(2)19(23-20(24)14-6-8-15(26-3)9-7-14)21(25)22-17-11-10-16(27-4)12-18(17)28-5/h6-13,19H,1-5H3,(H,22,25)(H,23,24)/t19-/m0/s1. The van der Waals surface area contributed by atoms with Crippen molar-refractivity contribution in [2.75, 3.05) is 26.6 Å². The lowest BCUT2D eigenvalue weighted by Gasteiger charge is -2.22. The van der Waals surface area contributed by atoms with Crippen molar-refractivity contribution in [2.24, 2.45) is 5.92 Å². The highest BCUT2D eigenvalue weighted by Crippen LogP contribution is 2.29. The summed E-state index contributed by atoms with van der Waals surface area (Å²) >= 11 is 0. The highest BCUT2D eigenvalue weighted by atomic mass is 16.5. The van der Waals surface area contributed by atoms with Crippen LogP contribution < -0.4 is 24.8 Å². The fraction of sp³-hybridized carbons (Fsp3) is 0.333. The summed E-state index contributed by atoms with van der Waals surface area (Å²) < 4.78 is 15.6. The number of ether oxygens (including phenoxy) is 3. The average Bonchev–Trinajstić information content (AvgIpc) is 2.71. The zero-order valence-electron chi connectivity index (χ0n) is 16.7. The fourth-order valence-corrected chi connectivity index (χ4v) is 2.61. The number of rotatable bonds is 8. The summed E-state index contributed by atoms with van der Waals surface area (Å²) in [4.78, 5) is 25.4. The third-order valence-electron chi connectivity index (χ3n) is 4.25. The Labute approximate surface area is 165 Å². The van der Waals surface area contributed by atoms with E-state index in [2.05, 4.69) is 10.6 Å². The highest BCUT2D eigenvalue weighted by molar-refractivity contribution is 6.01. The number of hydrogen-bond acceptors (Lipinski definition) is 5. The first-order valence-corrected chi connectivity index (χ1v) is 8.87. The van der Waals surface area contributed by atoms with Crippen molar-refractivity contribution >= 4 is 17.5 Å². The van der Waals surface area contributed by atoms with Gasteiger partial charge in [0.2, 0.25) is 5.91 Å². The Morgan fingerprint density at radius 3 is 2.00 bits per heavy atom. The minimum absolute atomic E-state index is 0.119. The second-order valence-corrected chi connectivity index (χ2v) is 6.48. The molecule has 0 aliphatic heterocycles. The summed E-state index contributed by atoms with van der Waals surface area (Å²) in [5.41, 5.74) is 0.943. The third-order valence-corrected chi connectivity index (χ3v) is 4.25. The number of benzene rings is 2. The molecule has 0 aromatic heterocycles. The molecule has 2 amide bonds. The van der Waals surface area contributed by atoms with Gasteiger partial charge in [-0.1, -0.05) is 13.8 Å². The summed E-state index contributed by atoms with van der Waals surface area (Å²) in [6.07, 6.45) is 0. The van der Waals surface area contributed by atoms with Crippen molar-refractivity contribution in [1.29, 1.82) is 0 Å². The molecule has 2 rings (SSSR count). The van der Waals surface area contributed by atoms with Gasteiger partial charge in [-0.05, 0) is 42.3 Å². The molecule has 28 heavy (non-hydrogen) atoms. The van der Waals surface area contributed by atoms with Crippen LogP contribution in [0.2, 0.25) is 0 Å². The maximum atomic E-state index is 12.8. The van der Waals surface area contributed by atoms with E-state index in [1.165, 1.54) is 7.11 Å². The summed E-state index contributed by atoms with van der Waals surface area (Å²) in [6, 6.07) is 11.1. The van der Waals surface area contributed by atoms with E-state index in [4.69, 9.17) is 14.2 Å². The van der Waals surface area contributed by atoms with Crippen LogP contribution in [0.3, 0.4) is 0 Å². The topological polar surface area (TPSA) is 85.9 Å². The SMILES string of the molecule is COc1ccc(C(=O)N[C@H](C(=O)Nc2ccc(OC)cc2OC)C(C)C)cc1. The van der Waals surface area contributed by atoms with Crippen molar-refractivity contribution in [3.8, 4) is 17.2 Å². The summed E-state index contributed by atoms with van der Waals surface area (Å²) in [6.45, 7) is 3.73. The number of nitrogens with one attached hydrogen (secondary N) is 2. The van der Waals surface area contributed by atoms with Crippen LogP contribution in [-0.4, -0.2) is 39.2 Å². The Hall–Kier alpha value is -3.22. The van der Waals surface area contributed by atoms with Crippen LogP contribution >= 0.6 is 0 Å². The minimum atomic E-state index is -0.721. The predicted molar refractivity (Wildman–Crippen MR) is 107 cm³/mol. The Bertz CT molecular complexity index is 818. The van der Waals surface area contributed by atoms with Gasteiger partial charge in [0.15, 0.2) is 0 Å². The lowest BCUT2D eigenvalue weighted by Crippen LogP contribution is -2.47. The van der Waals surface area contributed by atoms with Crippen LogP contribution in [0.25, 0.3) is 0 Å². The third kappa shape index (κ3) is 5.16. The molecule has 0 saturated heterocycles. The lowest BCUT2D eigenvalue weighted by molar-refractivity contribution is -0.118. The van der Waals surface area contributed by atoms with Crippen LogP contribution in [0.5, 0.6) is 17.2 Å². The average molecular weight is 386 g/mol. The summed E-state index contributed by atoms with van der Waals surface area (Å²) in [5.74, 6) is 0.950. The molecule has 150 valence electrons. The second kappa shape index (κ2) is 9.64. The van der Waals surface area contributed by atoms with E-state index in [1.807, 2.05) is 13.8 Å². The highest BCUT2D eigenvalue weighted by Gasteiger charge is 2.25. The number of carbonyl (C=O) groups is 2. The molecule has 2 aromatic rings. The monoisotopic (exact) mass is 386 g/mol. The zero-order chi connectivity index (χ0) is 20.7. The molecule has 0 spiro atoms. The van der Waals surface area contributed by atoms with Crippen LogP contribution in [0.1, 0.15) is 24.2 Å². The first kappa shape index (κ1) is 21.1. The molecule has 0 fully saturated rings. The van der Waals surface area contributed by atoms with Gasteiger partial charge in [0.05, 0.1) is 27.0 Å². The fourth-order valence-electron chi connectivity index (χ4n) is 2.61. The van der Waals surface area contributed by atoms with E-state index in [-0.39, 0.29) is 17.7 Å². The Morgan fingerprint density at radius 2 is 1.46 bits per heavy atom. The predicted octanol–water partition coefficient (Wildman–Crippen LogP) is 3.11. The van der Waals surface area contributed by atoms with Crippen molar-refractivity contribution in [1.82, 2.24) is 5.32 Å². The molecule has 0 unspecified atom stereocenters. The molecule has 0 radical (unpaired) electrons. The number of anilines is 1. The molecule has 0 heterocycles. The second-order valence-electron chi connectivity index (χ2n) is 6.48. The van der Waals surface area contributed by atoms with Crippen LogP contribution in [-0.2, 0) is 4.79 Å². The van der Waals surface area contributed by atoms with Crippen molar-refractivity contribution in [3.05, 3.63) is 48.0 Å². The number of methoxy groups -OCH3 is 3. The Balaban J connectivity index is 2.14. The molecule has 7 heteroatoms. The van der Waals surface area contributed by atoms with Gasteiger partial charge in [-0.15, -0.1) is 0 Å². The van der Waals surface area contributed by atoms with E-state index in [9.17, 15) is 9.59 Å². The minimum Gasteiger partial charge on any atom is -0.497 e. The van der Waals surface area contributed by atoms with Crippen molar-refractivity contribution < 1.29 is 23.8 Å². The van der Waals surface area contributed by atoms with Crippen LogP contribution in [0.4, 0.5) is 5.69 Å². The van der Waals surface area contributed by atoms with Gasteiger partial charge in [-0.25, -0.2) is 0 Å². The van der Waals surface area contributed by atoms with Gasteiger partial charge in [0, 0.05) is 11.6 Å². The number of amides is 2. The Kier molecular flexibility index (Phi) is 7.26. The quantitative estimate of drug-likeness (QED) is 0.728. The maximum absolute atomic E-state index is 12.8. The molecule has 7 nitrogen and oxygen atoms in total. The van der Waals surface area contributed by atoms with E-state index in [1.54, 1.807) is 56.7 Å². The van der Waals surface area contributed by atoms with Gasteiger partial charge in [0.25, 0.3) is 5.91 Å². The first-order valence-electron chi connectivity index (χ1n) is 8.87. The van der Waals surface area contributed by atoms with Crippen molar-refractivity contribution in [3.63, 3.8) is 0 Å². The van der Waals surface area contributed by atoms with Crippen LogP contribution in [0.15, 0.2) is 42.5 Å². The first-order chi connectivity index (χ1) is 13.4. The van der Waals surface area contributed by atoms with E-state index in [0.717, 1.165) is 0 Å². The molecule has 0 saturated carbocycles. The molecule has 0 aliphatic rings.